The molecule has 0 bridgehead atoms. The molecule has 0 saturated carbocycles. The van der Waals surface area contributed by atoms with E-state index >= 15 is 0 Å². The van der Waals surface area contributed by atoms with Crippen molar-refractivity contribution in [1.29, 1.82) is 0 Å². The third-order valence-corrected chi connectivity index (χ3v) is 2.86. The Labute approximate surface area is 109 Å². The second-order valence-corrected chi connectivity index (χ2v) is 4.44. The smallest absolute Gasteiger partial charge is 0.139 e. The normalized spacial score (nSPS) is 12.6. The van der Waals surface area contributed by atoms with Gasteiger partial charge in [0.2, 0.25) is 0 Å². The molecule has 0 radical (unpaired) electrons. The number of likely N-dealkylation sites (N-methyl/N-ethyl adjacent to an activating group) is 1. The van der Waals surface area contributed by atoms with Gasteiger partial charge in [-0.05, 0) is 13.1 Å². The Hall–Kier alpha value is -0.190. The van der Waals surface area contributed by atoms with E-state index in [1.54, 1.807) is 7.05 Å². The van der Waals surface area contributed by atoms with Gasteiger partial charge in [-0.3, -0.25) is 0 Å². The van der Waals surface area contributed by atoms with Crippen molar-refractivity contribution in [1.82, 2.24) is 5.32 Å². The number of aliphatic hydroxyl groups excluding tert-OH is 1. The molecule has 90 valence electrons. The molecule has 0 aliphatic rings. The molecule has 0 aliphatic carbocycles. The first-order valence-corrected chi connectivity index (χ1v) is 5.78. The zero-order valence-corrected chi connectivity index (χ0v) is 10.9. The van der Waals surface area contributed by atoms with Gasteiger partial charge in [0, 0.05) is 12.6 Å². The number of nitrogens with one attached hydrogen (secondary N) is 1. The summed E-state index contributed by atoms with van der Waals surface area (Å²) in [4.78, 5) is 0. The first kappa shape index (κ1) is 13.9. The number of hydrogen-bond donors (Lipinski definition) is 2. The summed E-state index contributed by atoms with van der Waals surface area (Å²) >= 11 is 17.5. The molecule has 1 aromatic rings. The lowest BCUT2D eigenvalue weighted by atomic mass is 10.3. The molecule has 0 spiro atoms. The van der Waals surface area contributed by atoms with Crippen LogP contribution in [0.2, 0.25) is 15.1 Å². The van der Waals surface area contributed by atoms with E-state index in [2.05, 4.69) is 5.32 Å². The second kappa shape index (κ2) is 6.52. The van der Waals surface area contributed by atoms with Gasteiger partial charge in [-0.2, -0.15) is 0 Å². The Bertz CT molecular complexity index is 360. The SMILES string of the molecule is CNCC(O)COc1cc(Cl)c(Cl)cc1Cl. The maximum absolute atomic E-state index is 9.44. The first-order valence-electron chi connectivity index (χ1n) is 4.64. The number of benzene rings is 1. The lowest BCUT2D eigenvalue weighted by molar-refractivity contribution is 0.108. The minimum atomic E-state index is -0.601. The number of rotatable bonds is 5. The van der Waals surface area contributed by atoms with Crippen molar-refractivity contribution >= 4 is 34.8 Å². The minimum Gasteiger partial charge on any atom is -0.489 e. The van der Waals surface area contributed by atoms with Crippen LogP contribution in [0.4, 0.5) is 0 Å². The van der Waals surface area contributed by atoms with E-state index in [4.69, 9.17) is 39.5 Å². The molecule has 0 aromatic heterocycles. The molecule has 6 heteroatoms. The van der Waals surface area contributed by atoms with Crippen LogP contribution in [0, 0.1) is 0 Å². The van der Waals surface area contributed by atoms with Crippen LogP contribution in [0.1, 0.15) is 0 Å². The summed E-state index contributed by atoms with van der Waals surface area (Å²) in [6, 6.07) is 3.03. The van der Waals surface area contributed by atoms with Crippen molar-refractivity contribution in [3.63, 3.8) is 0 Å². The van der Waals surface area contributed by atoms with Gasteiger partial charge >= 0.3 is 0 Å². The summed E-state index contributed by atoms with van der Waals surface area (Å²) in [5.74, 6) is 0.409. The molecule has 1 rings (SSSR count). The monoisotopic (exact) mass is 283 g/mol. The molecule has 0 saturated heterocycles. The van der Waals surface area contributed by atoms with Gasteiger partial charge < -0.3 is 15.2 Å². The van der Waals surface area contributed by atoms with Crippen LogP contribution in [0.5, 0.6) is 5.75 Å². The van der Waals surface area contributed by atoms with Crippen LogP contribution in [-0.2, 0) is 0 Å². The molecule has 1 unspecified atom stereocenters. The van der Waals surface area contributed by atoms with Crippen molar-refractivity contribution in [2.24, 2.45) is 0 Å². The number of hydrogen-bond acceptors (Lipinski definition) is 3. The molecule has 1 atom stereocenters. The predicted molar refractivity (Wildman–Crippen MR) is 66.9 cm³/mol. The lowest BCUT2D eigenvalue weighted by Crippen LogP contribution is -2.29. The molecule has 0 fully saturated rings. The van der Waals surface area contributed by atoms with Crippen LogP contribution < -0.4 is 10.1 Å². The van der Waals surface area contributed by atoms with Gasteiger partial charge in [0.1, 0.15) is 18.5 Å². The van der Waals surface area contributed by atoms with Crippen LogP contribution in [0.15, 0.2) is 12.1 Å². The number of halogens is 3. The van der Waals surface area contributed by atoms with Gasteiger partial charge in [0.15, 0.2) is 0 Å². The largest absolute Gasteiger partial charge is 0.489 e. The van der Waals surface area contributed by atoms with Crippen LogP contribution in [0.25, 0.3) is 0 Å². The molecule has 2 N–H and O–H groups in total. The molecule has 0 aliphatic heterocycles. The Morgan fingerprint density at radius 3 is 2.50 bits per heavy atom. The van der Waals surface area contributed by atoms with Crippen molar-refractivity contribution in [2.75, 3.05) is 20.2 Å². The molecule has 1 aromatic carbocycles. The summed E-state index contributed by atoms with van der Waals surface area (Å²) in [6.45, 7) is 0.581. The summed E-state index contributed by atoms with van der Waals surface area (Å²) in [7, 11) is 1.75. The quantitative estimate of drug-likeness (QED) is 0.817. The second-order valence-electron chi connectivity index (χ2n) is 3.22. The highest BCUT2D eigenvalue weighted by Crippen LogP contribution is 2.33. The average molecular weight is 285 g/mol. The van der Waals surface area contributed by atoms with E-state index in [0.29, 0.717) is 27.4 Å². The molecular formula is C10H12Cl3NO2. The Morgan fingerprint density at radius 1 is 1.25 bits per heavy atom. The number of aliphatic hydroxyl groups is 1. The van der Waals surface area contributed by atoms with Crippen LogP contribution in [0.3, 0.4) is 0 Å². The van der Waals surface area contributed by atoms with E-state index < -0.39 is 6.10 Å². The van der Waals surface area contributed by atoms with Crippen molar-refractivity contribution in [3.8, 4) is 5.75 Å². The standard InChI is InChI=1S/C10H12Cl3NO2/c1-14-4-6(15)5-16-10-3-8(12)7(11)2-9(10)13/h2-3,6,14-15H,4-5H2,1H3. The van der Waals surface area contributed by atoms with Crippen LogP contribution >= 0.6 is 34.8 Å². The summed E-state index contributed by atoms with van der Waals surface area (Å²) < 4.78 is 5.32. The Kier molecular flexibility index (Phi) is 5.66. The van der Waals surface area contributed by atoms with E-state index in [-0.39, 0.29) is 6.61 Å². The minimum absolute atomic E-state index is 0.137. The molecule has 3 nitrogen and oxygen atoms in total. The van der Waals surface area contributed by atoms with Crippen molar-refractivity contribution in [3.05, 3.63) is 27.2 Å². The number of ether oxygens (including phenoxy) is 1. The molecule has 0 heterocycles. The fourth-order valence-electron chi connectivity index (χ4n) is 1.10. The fraction of sp³-hybridized carbons (Fsp3) is 0.400. The first-order chi connectivity index (χ1) is 7.54. The predicted octanol–water partition coefficient (Wildman–Crippen LogP) is 2.61. The Morgan fingerprint density at radius 2 is 1.88 bits per heavy atom. The maximum Gasteiger partial charge on any atom is 0.139 e. The van der Waals surface area contributed by atoms with Crippen LogP contribution in [-0.4, -0.2) is 31.4 Å². The van der Waals surface area contributed by atoms with E-state index in [1.807, 2.05) is 0 Å². The topological polar surface area (TPSA) is 41.5 Å². The zero-order valence-electron chi connectivity index (χ0n) is 8.64. The molecule has 0 amide bonds. The Balaban J connectivity index is 2.63. The van der Waals surface area contributed by atoms with E-state index in [0.717, 1.165) is 0 Å². The van der Waals surface area contributed by atoms with Gasteiger partial charge in [0.05, 0.1) is 15.1 Å². The van der Waals surface area contributed by atoms with Gasteiger partial charge in [-0.15, -0.1) is 0 Å². The van der Waals surface area contributed by atoms with Gasteiger partial charge in [-0.25, -0.2) is 0 Å². The van der Waals surface area contributed by atoms with E-state index in [1.165, 1.54) is 12.1 Å². The van der Waals surface area contributed by atoms with Gasteiger partial charge in [0.25, 0.3) is 0 Å². The maximum atomic E-state index is 9.44. The average Bonchev–Trinajstić information content (AvgIpc) is 2.22. The summed E-state index contributed by atoms with van der Waals surface area (Å²) in [5, 5.41) is 13.4. The third kappa shape index (κ3) is 4.00. The van der Waals surface area contributed by atoms with Crippen molar-refractivity contribution < 1.29 is 9.84 Å². The third-order valence-electron chi connectivity index (χ3n) is 1.85. The zero-order chi connectivity index (χ0) is 12.1. The molecular weight excluding hydrogens is 272 g/mol. The highest BCUT2D eigenvalue weighted by molar-refractivity contribution is 6.43. The molecule has 16 heavy (non-hydrogen) atoms. The highest BCUT2D eigenvalue weighted by atomic mass is 35.5. The summed E-state index contributed by atoms with van der Waals surface area (Å²) in [5.41, 5.74) is 0. The fourth-order valence-corrected chi connectivity index (χ4v) is 1.69. The van der Waals surface area contributed by atoms with Crippen molar-refractivity contribution in [2.45, 2.75) is 6.10 Å². The lowest BCUT2D eigenvalue weighted by Gasteiger charge is -2.13. The highest BCUT2D eigenvalue weighted by Gasteiger charge is 2.09. The van der Waals surface area contributed by atoms with Gasteiger partial charge in [-0.1, -0.05) is 34.8 Å². The van der Waals surface area contributed by atoms with E-state index in [9.17, 15) is 5.11 Å². The summed E-state index contributed by atoms with van der Waals surface area (Å²) in [6.07, 6.45) is -0.601.